The monoisotopic (exact) mass is 308 g/mol. The van der Waals surface area contributed by atoms with E-state index in [1.807, 2.05) is 17.5 Å². The number of benzene rings is 1. The second-order valence-corrected chi connectivity index (χ2v) is 6.41. The normalized spacial score (nSPS) is 10.5. The van der Waals surface area contributed by atoms with E-state index in [0.29, 0.717) is 12.2 Å². The molecule has 0 spiro atoms. The summed E-state index contributed by atoms with van der Waals surface area (Å²) in [6.07, 6.45) is 0.346. The van der Waals surface area contributed by atoms with Crippen molar-refractivity contribution in [2.45, 2.75) is 17.1 Å². The summed E-state index contributed by atoms with van der Waals surface area (Å²) in [5.41, 5.74) is 0.935. The van der Waals surface area contributed by atoms with Gasteiger partial charge in [-0.25, -0.2) is 4.98 Å². The van der Waals surface area contributed by atoms with E-state index in [-0.39, 0.29) is 11.7 Å². The first-order valence-electron chi connectivity index (χ1n) is 6.10. The molecule has 0 atom stereocenters. The molecule has 1 amide bonds. The number of aromatic hydroxyl groups is 1. The van der Waals surface area contributed by atoms with Crippen LogP contribution in [0.2, 0.25) is 0 Å². The van der Waals surface area contributed by atoms with Crippen molar-refractivity contribution in [2.24, 2.45) is 0 Å². The van der Waals surface area contributed by atoms with Gasteiger partial charge in [0.2, 0.25) is 5.91 Å². The Hall–Kier alpha value is -1.53. The smallest absolute Gasteiger partial charge is 0.228 e. The van der Waals surface area contributed by atoms with Crippen molar-refractivity contribution in [3.05, 3.63) is 40.3 Å². The minimum Gasteiger partial charge on any atom is -0.507 e. The molecule has 1 N–H and O–H groups in total. The molecule has 20 heavy (non-hydrogen) atoms. The first kappa shape index (κ1) is 14.9. The van der Waals surface area contributed by atoms with Gasteiger partial charge in [0.05, 0.1) is 12.1 Å². The van der Waals surface area contributed by atoms with E-state index in [9.17, 15) is 9.90 Å². The highest BCUT2D eigenvalue weighted by atomic mass is 32.2. The number of phenols is 1. The molecule has 0 unspecified atom stereocenters. The zero-order chi connectivity index (χ0) is 14.5. The summed E-state index contributed by atoms with van der Waals surface area (Å²) in [4.78, 5) is 18.5. The second kappa shape index (κ2) is 6.76. The number of amides is 1. The summed E-state index contributed by atoms with van der Waals surface area (Å²) in [5.74, 6) is 1.03. The van der Waals surface area contributed by atoms with Gasteiger partial charge in [-0.2, -0.15) is 0 Å². The van der Waals surface area contributed by atoms with Crippen LogP contribution in [0.5, 0.6) is 5.75 Å². The van der Waals surface area contributed by atoms with Gasteiger partial charge in [-0.15, -0.1) is 23.1 Å². The Bertz CT molecular complexity index is 596. The number of thioether (sulfide) groups is 1. The summed E-state index contributed by atoms with van der Waals surface area (Å²) < 4.78 is 0. The minimum absolute atomic E-state index is 0.0549. The van der Waals surface area contributed by atoms with Gasteiger partial charge in [-0.3, -0.25) is 4.79 Å². The molecule has 2 aromatic rings. The number of carbonyl (C=O) groups is 1. The number of nitrogens with zero attached hydrogens (tertiary/aromatic N) is 2. The fourth-order valence-electron chi connectivity index (χ4n) is 1.51. The molecule has 1 aromatic carbocycles. The van der Waals surface area contributed by atoms with Crippen LogP contribution in [0, 0.1) is 0 Å². The van der Waals surface area contributed by atoms with Crippen molar-refractivity contribution in [3.8, 4) is 5.75 Å². The number of aromatic nitrogens is 1. The van der Waals surface area contributed by atoms with Crippen LogP contribution in [0.15, 0.2) is 34.5 Å². The maximum atomic E-state index is 11.6. The zero-order valence-corrected chi connectivity index (χ0v) is 13.0. The molecule has 0 aliphatic rings. The molecule has 6 heteroatoms. The summed E-state index contributed by atoms with van der Waals surface area (Å²) in [5, 5.41) is 12.5. The third-order valence-electron chi connectivity index (χ3n) is 2.64. The quantitative estimate of drug-likeness (QED) is 0.863. The van der Waals surface area contributed by atoms with Gasteiger partial charge in [0.25, 0.3) is 0 Å². The van der Waals surface area contributed by atoms with Crippen molar-refractivity contribution in [1.82, 2.24) is 9.88 Å². The average molecular weight is 308 g/mol. The lowest BCUT2D eigenvalue weighted by Gasteiger charge is -2.07. The fraction of sp³-hybridized carbons (Fsp3) is 0.286. The molecule has 1 aromatic heterocycles. The Labute approximate surface area is 126 Å². The Morgan fingerprint density at radius 3 is 2.85 bits per heavy atom. The number of thiazole rings is 1. The maximum Gasteiger partial charge on any atom is 0.228 e. The highest BCUT2D eigenvalue weighted by Crippen LogP contribution is 2.30. The van der Waals surface area contributed by atoms with Crippen LogP contribution in [-0.2, 0) is 17.0 Å². The molecule has 0 fully saturated rings. The molecular formula is C14H16N2O2S2. The number of hydrogen-bond acceptors (Lipinski definition) is 5. The topological polar surface area (TPSA) is 53.4 Å². The molecule has 106 valence electrons. The molecular weight excluding hydrogens is 292 g/mol. The molecule has 0 aliphatic heterocycles. The largest absolute Gasteiger partial charge is 0.507 e. The Kier molecular flexibility index (Phi) is 5.03. The lowest BCUT2D eigenvalue weighted by molar-refractivity contribution is -0.127. The predicted octanol–water partition coefficient (Wildman–Crippen LogP) is 2.77. The molecule has 0 radical (unpaired) electrons. The van der Waals surface area contributed by atoms with E-state index in [1.165, 1.54) is 23.1 Å². The van der Waals surface area contributed by atoms with E-state index < -0.39 is 0 Å². The lowest BCUT2D eigenvalue weighted by Crippen LogP contribution is -2.23. The van der Waals surface area contributed by atoms with E-state index >= 15 is 0 Å². The minimum atomic E-state index is 0.0549. The van der Waals surface area contributed by atoms with Gasteiger partial charge in [-0.05, 0) is 12.1 Å². The Balaban J connectivity index is 1.93. The molecule has 2 rings (SSSR count). The molecule has 0 bridgehead atoms. The highest BCUT2D eigenvalue weighted by Gasteiger charge is 2.10. The van der Waals surface area contributed by atoms with Gasteiger partial charge in [0, 0.05) is 30.1 Å². The van der Waals surface area contributed by atoms with Crippen LogP contribution in [0.3, 0.4) is 0 Å². The van der Waals surface area contributed by atoms with E-state index in [4.69, 9.17) is 0 Å². The second-order valence-electron chi connectivity index (χ2n) is 4.45. The van der Waals surface area contributed by atoms with Crippen LogP contribution >= 0.6 is 23.1 Å². The van der Waals surface area contributed by atoms with Crippen LogP contribution in [-0.4, -0.2) is 35.0 Å². The first-order valence-corrected chi connectivity index (χ1v) is 7.97. The van der Waals surface area contributed by atoms with E-state index in [1.54, 1.807) is 31.1 Å². The summed E-state index contributed by atoms with van der Waals surface area (Å²) in [6, 6.07) is 7.24. The Morgan fingerprint density at radius 1 is 1.40 bits per heavy atom. The fourth-order valence-corrected chi connectivity index (χ4v) is 3.25. The number of phenolic OH excluding ortho intramolecular Hbond substituents is 1. The average Bonchev–Trinajstić information content (AvgIpc) is 2.85. The van der Waals surface area contributed by atoms with Gasteiger partial charge < -0.3 is 10.0 Å². The SMILES string of the molecule is CN(C)C(=O)Cc1nc(CSc2ccccc2O)cs1. The standard InChI is InChI=1S/C14H16N2O2S2/c1-16(2)14(18)7-13-15-10(9-20-13)8-19-12-6-4-3-5-11(12)17/h3-6,9,17H,7-8H2,1-2H3. The van der Waals surface area contributed by atoms with Crippen molar-refractivity contribution < 1.29 is 9.90 Å². The van der Waals surface area contributed by atoms with E-state index in [2.05, 4.69) is 4.98 Å². The van der Waals surface area contributed by atoms with Crippen molar-refractivity contribution in [2.75, 3.05) is 14.1 Å². The number of rotatable bonds is 5. The summed E-state index contributed by atoms with van der Waals surface area (Å²) in [7, 11) is 3.48. The van der Waals surface area contributed by atoms with Crippen LogP contribution in [0.4, 0.5) is 0 Å². The van der Waals surface area contributed by atoms with Crippen LogP contribution in [0.25, 0.3) is 0 Å². The van der Waals surface area contributed by atoms with Gasteiger partial charge in [-0.1, -0.05) is 12.1 Å². The van der Waals surface area contributed by atoms with Crippen LogP contribution < -0.4 is 0 Å². The van der Waals surface area contributed by atoms with Crippen LogP contribution in [0.1, 0.15) is 10.7 Å². The molecule has 0 saturated carbocycles. The van der Waals surface area contributed by atoms with Crippen molar-refractivity contribution in [3.63, 3.8) is 0 Å². The molecule has 4 nitrogen and oxygen atoms in total. The van der Waals surface area contributed by atoms with Gasteiger partial charge >= 0.3 is 0 Å². The van der Waals surface area contributed by atoms with Gasteiger partial charge in [0.15, 0.2) is 0 Å². The predicted molar refractivity (Wildman–Crippen MR) is 82.2 cm³/mol. The number of hydrogen-bond donors (Lipinski definition) is 1. The number of para-hydroxylation sites is 1. The van der Waals surface area contributed by atoms with Gasteiger partial charge in [0.1, 0.15) is 10.8 Å². The summed E-state index contributed by atoms with van der Waals surface area (Å²) >= 11 is 3.04. The molecule has 0 saturated heterocycles. The third-order valence-corrected chi connectivity index (χ3v) is 4.64. The first-order chi connectivity index (χ1) is 9.56. The number of carbonyl (C=O) groups excluding carboxylic acids is 1. The van der Waals surface area contributed by atoms with E-state index in [0.717, 1.165) is 15.6 Å². The zero-order valence-electron chi connectivity index (χ0n) is 11.4. The van der Waals surface area contributed by atoms with Crippen molar-refractivity contribution >= 4 is 29.0 Å². The highest BCUT2D eigenvalue weighted by molar-refractivity contribution is 7.98. The molecule has 0 aliphatic carbocycles. The molecule has 1 heterocycles. The number of likely N-dealkylation sites (N-methyl/N-ethyl adjacent to an activating group) is 1. The maximum absolute atomic E-state index is 11.6. The van der Waals surface area contributed by atoms with Crippen molar-refractivity contribution in [1.29, 1.82) is 0 Å². The lowest BCUT2D eigenvalue weighted by atomic mass is 10.3. The third kappa shape index (κ3) is 3.98. The summed E-state index contributed by atoms with van der Waals surface area (Å²) in [6.45, 7) is 0. The Morgan fingerprint density at radius 2 is 2.15 bits per heavy atom.